The van der Waals surface area contributed by atoms with E-state index in [1.165, 1.54) is 0 Å². The summed E-state index contributed by atoms with van der Waals surface area (Å²) in [5.74, 6) is -2.60. The minimum atomic E-state index is -0.941. The number of carboxylic acids is 2. The van der Waals surface area contributed by atoms with Crippen LogP contribution in [0.25, 0.3) is 0 Å². The van der Waals surface area contributed by atoms with Gasteiger partial charge in [-0.05, 0) is 71.8 Å². The van der Waals surface area contributed by atoms with Gasteiger partial charge in [-0.25, -0.2) is 0 Å². The number of fused-ring (bicyclic) bond motifs is 2. The third-order valence-electron chi connectivity index (χ3n) is 7.82. The summed E-state index contributed by atoms with van der Waals surface area (Å²) < 4.78 is 16.5. The highest BCUT2D eigenvalue weighted by Crippen LogP contribution is 2.54. The van der Waals surface area contributed by atoms with E-state index < -0.39 is 35.6 Å². The number of aliphatic carboxylic acids is 2. The maximum Gasteiger partial charge on any atom is 0.308 e. The Kier molecular flexibility index (Phi) is 7.46. The molecule has 2 aliphatic rings. The van der Waals surface area contributed by atoms with E-state index in [1.54, 1.807) is 20.1 Å². The highest BCUT2D eigenvalue weighted by atomic mass is 16.7. The van der Waals surface area contributed by atoms with Crippen molar-refractivity contribution in [2.75, 3.05) is 13.9 Å². The lowest BCUT2D eigenvalue weighted by molar-refractivity contribution is -0.143. The highest BCUT2D eigenvalue weighted by Gasteiger charge is 2.48. The zero-order valence-corrected chi connectivity index (χ0v) is 22.3. The Balaban J connectivity index is 1.70. The first-order valence-electron chi connectivity index (χ1n) is 13.3. The minimum Gasteiger partial charge on any atom is -0.497 e. The molecule has 1 aliphatic carbocycles. The molecule has 0 saturated heterocycles. The fourth-order valence-corrected chi connectivity index (χ4v) is 5.82. The Morgan fingerprint density at radius 3 is 2.51 bits per heavy atom. The molecule has 0 amide bonds. The lowest BCUT2D eigenvalue weighted by atomic mass is 9.78. The molecule has 1 aliphatic heterocycles. The first kappa shape index (κ1) is 26.5. The Hall–Kier alpha value is -4.07. The van der Waals surface area contributed by atoms with Crippen LogP contribution in [0, 0.1) is 11.8 Å². The standard InChI is InChI=1S/C31H33NO7/c1-4-5-6-20-8-10-23-26(18-7-12-24-25(15-18)39-16-38-24)28(31(35)36)27(29(23)32-20)22-11-9-21(37-3)14-19(22)13-17(2)30(33)34/h7-12,14-15,17,26-28H,4-6,13,16H2,1-3H3,(H,33,34)(H,35,36)/t17-,26-,27-,28?/m0/s1. The summed E-state index contributed by atoms with van der Waals surface area (Å²) >= 11 is 0. The van der Waals surface area contributed by atoms with Crippen LogP contribution in [0.1, 0.15) is 72.2 Å². The Bertz CT molecular complexity index is 1400. The predicted molar refractivity (Wildman–Crippen MR) is 144 cm³/mol. The number of carboxylic acid groups (broad SMARTS) is 2. The average Bonchev–Trinajstić information content (AvgIpc) is 3.53. The molecule has 0 spiro atoms. The topological polar surface area (TPSA) is 115 Å². The van der Waals surface area contributed by atoms with Crippen LogP contribution < -0.4 is 14.2 Å². The van der Waals surface area contributed by atoms with E-state index in [4.69, 9.17) is 19.2 Å². The first-order valence-corrected chi connectivity index (χ1v) is 13.3. The number of rotatable bonds is 10. The van der Waals surface area contributed by atoms with Crippen molar-refractivity contribution in [2.45, 2.75) is 51.4 Å². The smallest absolute Gasteiger partial charge is 0.308 e. The molecule has 1 unspecified atom stereocenters. The summed E-state index contributed by atoms with van der Waals surface area (Å²) in [6.07, 6.45) is 3.04. The molecule has 8 heteroatoms. The van der Waals surface area contributed by atoms with E-state index in [9.17, 15) is 19.8 Å². The molecule has 39 heavy (non-hydrogen) atoms. The van der Waals surface area contributed by atoms with Crippen LogP contribution in [0.5, 0.6) is 17.2 Å². The van der Waals surface area contributed by atoms with Crippen LogP contribution in [0.3, 0.4) is 0 Å². The van der Waals surface area contributed by atoms with Crippen LogP contribution in [0.2, 0.25) is 0 Å². The third-order valence-corrected chi connectivity index (χ3v) is 7.82. The van der Waals surface area contributed by atoms with E-state index in [-0.39, 0.29) is 13.2 Å². The van der Waals surface area contributed by atoms with Gasteiger partial charge in [-0.1, -0.05) is 38.5 Å². The second kappa shape index (κ2) is 11.0. The quantitative estimate of drug-likeness (QED) is 0.357. The van der Waals surface area contributed by atoms with Gasteiger partial charge in [0.1, 0.15) is 5.75 Å². The van der Waals surface area contributed by atoms with Crippen LogP contribution >= 0.6 is 0 Å². The van der Waals surface area contributed by atoms with Crippen LogP contribution in [-0.2, 0) is 22.4 Å². The molecule has 5 rings (SSSR count). The van der Waals surface area contributed by atoms with Gasteiger partial charge in [-0.3, -0.25) is 14.6 Å². The van der Waals surface area contributed by atoms with Gasteiger partial charge in [-0.15, -0.1) is 0 Å². The summed E-state index contributed by atoms with van der Waals surface area (Å²) in [7, 11) is 1.56. The van der Waals surface area contributed by atoms with E-state index in [0.717, 1.165) is 52.9 Å². The van der Waals surface area contributed by atoms with Crippen LogP contribution in [-0.4, -0.2) is 41.0 Å². The number of aromatic nitrogens is 1. The second-order valence-corrected chi connectivity index (χ2v) is 10.3. The van der Waals surface area contributed by atoms with Gasteiger partial charge in [0.25, 0.3) is 0 Å². The zero-order valence-electron chi connectivity index (χ0n) is 22.3. The lowest BCUT2D eigenvalue weighted by Gasteiger charge is -2.25. The summed E-state index contributed by atoms with van der Waals surface area (Å²) in [5.41, 5.74) is 4.84. The molecule has 1 aromatic heterocycles. The number of nitrogens with zero attached hydrogens (tertiary/aromatic N) is 1. The maximum atomic E-state index is 13.1. The summed E-state index contributed by atoms with van der Waals surface area (Å²) in [5, 5.41) is 20.4. The predicted octanol–water partition coefficient (Wildman–Crippen LogP) is 5.40. The number of methoxy groups -OCH3 is 1. The number of benzene rings is 2. The summed E-state index contributed by atoms with van der Waals surface area (Å²) in [6, 6.07) is 15.1. The van der Waals surface area contributed by atoms with Crippen molar-refractivity contribution in [1.29, 1.82) is 0 Å². The molecule has 2 N–H and O–H groups in total. The Morgan fingerprint density at radius 1 is 1.03 bits per heavy atom. The average molecular weight is 532 g/mol. The number of pyridine rings is 1. The monoisotopic (exact) mass is 531 g/mol. The van der Waals surface area contributed by atoms with Crippen molar-refractivity contribution in [3.63, 3.8) is 0 Å². The number of ether oxygens (including phenoxy) is 3. The number of aryl methyl sites for hydroxylation is 1. The maximum absolute atomic E-state index is 13.1. The molecular formula is C31H33NO7. The van der Waals surface area contributed by atoms with Gasteiger partial charge < -0.3 is 24.4 Å². The Morgan fingerprint density at radius 2 is 1.79 bits per heavy atom. The fourth-order valence-electron chi connectivity index (χ4n) is 5.82. The van der Waals surface area contributed by atoms with Crippen molar-refractivity contribution in [3.05, 3.63) is 82.2 Å². The van der Waals surface area contributed by atoms with Crippen molar-refractivity contribution < 1.29 is 34.0 Å². The molecule has 0 radical (unpaired) electrons. The van der Waals surface area contributed by atoms with Crippen molar-refractivity contribution in [2.24, 2.45) is 11.8 Å². The Labute approximate surface area is 227 Å². The van der Waals surface area contributed by atoms with Crippen molar-refractivity contribution in [1.82, 2.24) is 4.98 Å². The van der Waals surface area contributed by atoms with Gasteiger partial charge in [0.15, 0.2) is 11.5 Å². The van der Waals surface area contributed by atoms with Crippen LogP contribution in [0.15, 0.2) is 48.5 Å². The molecule has 204 valence electrons. The first-order chi connectivity index (χ1) is 18.8. The molecule has 3 aromatic rings. The third kappa shape index (κ3) is 5.03. The summed E-state index contributed by atoms with van der Waals surface area (Å²) in [6.45, 7) is 3.91. The molecule has 0 fully saturated rings. The molecule has 4 atom stereocenters. The fraction of sp³-hybridized carbons (Fsp3) is 0.387. The number of hydrogen-bond donors (Lipinski definition) is 2. The number of carbonyl (C=O) groups is 2. The largest absolute Gasteiger partial charge is 0.497 e. The normalized spacial score (nSPS) is 19.9. The van der Waals surface area contributed by atoms with E-state index in [1.807, 2.05) is 42.5 Å². The number of hydrogen-bond acceptors (Lipinski definition) is 6. The highest BCUT2D eigenvalue weighted by molar-refractivity contribution is 5.78. The van der Waals surface area contributed by atoms with Crippen molar-refractivity contribution in [3.8, 4) is 17.2 Å². The molecule has 0 bridgehead atoms. The molecule has 2 heterocycles. The van der Waals surface area contributed by atoms with Gasteiger partial charge in [0.05, 0.1) is 24.6 Å². The minimum absolute atomic E-state index is 0.129. The van der Waals surface area contributed by atoms with Gasteiger partial charge >= 0.3 is 11.9 Å². The molecule has 0 saturated carbocycles. The van der Waals surface area contributed by atoms with Gasteiger partial charge in [-0.2, -0.15) is 0 Å². The van der Waals surface area contributed by atoms with E-state index >= 15 is 0 Å². The molecular weight excluding hydrogens is 498 g/mol. The second-order valence-electron chi connectivity index (χ2n) is 10.3. The molecule has 2 aromatic carbocycles. The van der Waals surface area contributed by atoms with E-state index in [2.05, 4.69) is 6.92 Å². The van der Waals surface area contributed by atoms with Crippen molar-refractivity contribution >= 4 is 11.9 Å². The van der Waals surface area contributed by atoms with Crippen LogP contribution in [0.4, 0.5) is 0 Å². The molecule has 8 nitrogen and oxygen atoms in total. The van der Waals surface area contributed by atoms with Gasteiger partial charge in [0, 0.05) is 17.5 Å². The summed E-state index contributed by atoms with van der Waals surface area (Å²) in [4.78, 5) is 29.9. The zero-order chi connectivity index (χ0) is 27.7. The number of unbranched alkanes of at least 4 members (excludes halogenated alkanes) is 1. The lowest BCUT2D eigenvalue weighted by Crippen LogP contribution is -2.25. The van der Waals surface area contributed by atoms with Gasteiger partial charge in [0.2, 0.25) is 6.79 Å². The van der Waals surface area contributed by atoms with E-state index in [0.29, 0.717) is 17.2 Å². The SMILES string of the molecule is CCCCc1ccc2c(n1)[C@@H](c1ccc(OC)cc1C[C@H](C)C(=O)O)C(C(=O)O)[C@H]2c1ccc2c(c1)OCO2.